The van der Waals surface area contributed by atoms with Crippen molar-refractivity contribution in [3.8, 4) is 0 Å². The molecule has 0 radical (unpaired) electrons. The van der Waals surface area contributed by atoms with Crippen molar-refractivity contribution in [2.24, 2.45) is 0 Å². The summed E-state index contributed by atoms with van der Waals surface area (Å²) in [6.45, 7) is 3.94. The Bertz CT molecular complexity index is 1080. The van der Waals surface area contributed by atoms with E-state index in [2.05, 4.69) is 110 Å². The molecule has 50 heavy (non-hydrogen) atoms. The number of ether oxygens (including phenoxy) is 1. The lowest BCUT2D eigenvalue weighted by Crippen LogP contribution is -2.28. The van der Waals surface area contributed by atoms with Gasteiger partial charge in [0, 0.05) is 12.8 Å². The third-order valence-corrected chi connectivity index (χ3v) is 7.74. The van der Waals surface area contributed by atoms with Gasteiger partial charge in [-0.3, -0.25) is 14.4 Å². The second kappa shape index (κ2) is 38.1. The molecule has 0 aromatic rings. The second-order valence-corrected chi connectivity index (χ2v) is 12.4. The first kappa shape index (κ1) is 46.3. The van der Waals surface area contributed by atoms with Gasteiger partial charge in [0.05, 0.1) is 0 Å². The average molecular weight is 692 g/mol. The standard InChI is InChI=1S/C44H69NO5/c1-3-5-7-9-11-13-14-15-16-17-18-19-20-21-22-23-24-25-27-29-35-39-44(49)50-41(36-32-28-26-12-10-8-6-4-2)37-33-30-31-34-38-42(46)45-40-43(47)48/h5-8,11-13,15-16,18-19,21-22,26,32,36,41H,3-4,9-10,14,17,20,23-25,27-31,33-35,37-40H2,1-2H3,(H,45,46)(H,47,48)/b7-5-,8-6-,13-11-,16-15-,19-18-,22-21-,26-12-,36-32-. The molecule has 0 saturated heterocycles. The summed E-state index contributed by atoms with van der Waals surface area (Å²) in [5, 5.41) is 11.0. The van der Waals surface area contributed by atoms with Gasteiger partial charge in [0.2, 0.25) is 5.91 Å². The lowest BCUT2D eigenvalue weighted by Gasteiger charge is -2.14. The molecule has 0 aliphatic carbocycles. The van der Waals surface area contributed by atoms with Crippen LogP contribution < -0.4 is 5.32 Å². The first-order chi connectivity index (χ1) is 24.5. The molecule has 0 aliphatic rings. The molecule has 6 nitrogen and oxygen atoms in total. The summed E-state index contributed by atoms with van der Waals surface area (Å²) in [5.74, 6) is -1.40. The van der Waals surface area contributed by atoms with Crippen molar-refractivity contribution < 1.29 is 24.2 Å². The molecular formula is C44H69NO5. The topological polar surface area (TPSA) is 92.7 Å². The number of aliphatic carboxylic acids is 1. The molecule has 1 unspecified atom stereocenters. The SMILES string of the molecule is CC/C=C\C/C=C\C/C=C\C/C=C\C/C=C\CCCCCCCC(=O)OC(/C=C\C/C=C\C/C=C\CC)CCCCCCC(=O)NCC(=O)O. The van der Waals surface area contributed by atoms with Gasteiger partial charge in [-0.15, -0.1) is 0 Å². The zero-order valence-corrected chi connectivity index (χ0v) is 31.5. The minimum absolute atomic E-state index is 0.131. The highest BCUT2D eigenvalue weighted by molar-refractivity contribution is 5.80. The van der Waals surface area contributed by atoms with Crippen LogP contribution in [0.4, 0.5) is 0 Å². The molecule has 0 aromatic carbocycles. The molecule has 0 rings (SSSR count). The summed E-state index contributed by atoms with van der Waals surface area (Å²) >= 11 is 0. The summed E-state index contributed by atoms with van der Waals surface area (Å²) in [5.41, 5.74) is 0. The van der Waals surface area contributed by atoms with Gasteiger partial charge in [-0.05, 0) is 96.0 Å². The number of hydrogen-bond donors (Lipinski definition) is 2. The van der Waals surface area contributed by atoms with E-state index < -0.39 is 5.97 Å². The van der Waals surface area contributed by atoms with Crippen LogP contribution in [0.15, 0.2) is 97.2 Å². The molecule has 280 valence electrons. The van der Waals surface area contributed by atoms with E-state index in [0.29, 0.717) is 19.3 Å². The van der Waals surface area contributed by atoms with Crippen LogP contribution in [0, 0.1) is 0 Å². The van der Waals surface area contributed by atoms with Crippen LogP contribution in [-0.2, 0) is 19.1 Å². The fourth-order valence-electron chi connectivity index (χ4n) is 4.94. The number of hydrogen-bond acceptors (Lipinski definition) is 4. The Morgan fingerprint density at radius 3 is 1.52 bits per heavy atom. The zero-order chi connectivity index (χ0) is 36.6. The van der Waals surface area contributed by atoms with E-state index in [-0.39, 0.29) is 24.5 Å². The van der Waals surface area contributed by atoms with Crippen molar-refractivity contribution in [1.82, 2.24) is 5.32 Å². The maximum Gasteiger partial charge on any atom is 0.322 e. The number of carboxylic acid groups (broad SMARTS) is 1. The highest BCUT2D eigenvalue weighted by Crippen LogP contribution is 2.14. The summed E-state index contributed by atoms with van der Waals surface area (Å²) in [6.07, 6.45) is 54.0. The van der Waals surface area contributed by atoms with Crippen molar-refractivity contribution in [3.63, 3.8) is 0 Å². The molecule has 0 bridgehead atoms. The molecule has 0 aliphatic heterocycles. The average Bonchev–Trinajstić information content (AvgIpc) is 3.10. The van der Waals surface area contributed by atoms with Crippen LogP contribution in [0.5, 0.6) is 0 Å². The summed E-state index contributed by atoms with van der Waals surface area (Å²) in [7, 11) is 0. The Hall–Kier alpha value is -3.67. The highest BCUT2D eigenvalue weighted by atomic mass is 16.5. The van der Waals surface area contributed by atoms with Gasteiger partial charge in [0.15, 0.2) is 0 Å². The number of esters is 1. The van der Waals surface area contributed by atoms with Crippen LogP contribution in [0.25, 0.3) is 0 Å². The van der Waals surface area contributed by atoms with E-state index in [1.807, 2.05) is 6.08 Å². The fraction of sp³-hybridized carbons (Fsp3) is 0.568. The third-order valence-electron chi connectivity index (χ3n) is 7.74. The van der Waals surface area contributed by atoms with E-state index in [0.717, 1.165) is 103 Å². The van der Waals surface area contributed by atoms with Crippen molar-refractivity contribution in [3.05, 3.63) is 97.2 Å². The Labute approximate surface area is 305 Å². The first-order valence-corrected chi connectivity index (χ1v) is 19.4. The third kappa shape index (κ3) is 37.2. The molecule has 0 aromatic heterocycles. The number of carbonyl (C=O) groups excluding carboxylic acids is 2. The monoisotopic (exact) mass is 692 g/mol. The molecule has 0 saturated carbocycles. The molecule has 2 N–H and O–H groups in total. The number of carbonyl (C=O) groups is 3. The predicted molar refractivity (Wildman–Crippen MR) is 212 cm³/mol. The number of nitrogens with one attached hydrogen (secondary N) is 1. The van der Waals surface area contributed by atoms with Crippen molar-refractivity contribution in [2.75, 3.05) is 6.54 Å². The van der Waals surface area contributed by atoms with Crippen molar-refractivity contribution >= 4 is 17.8 Å². The molecule has 6 heteroatoms. The predicted octanol–water partition coefficient (Wildman–Crippen LogP) is 11.8. The van der Waals surface area contributed by atoms with Crippen LogP contribution in [0.3, 0.4) is 0 Å². The summed E-state index contributed by atoms with van der Waals surface area (Å²) in [6, 6.07) is 0. The smallest absolute Gasteiger partial charge is 0.322 e. The molecule has 0 spiro atoms. The Kier molecular flexibility index (Phi) is 35.3. The van der Waals surface area contributed by atoms with Crippen molar-refractivity contribution in [1.29, 1.82) is 0 Å². The maximum atomic E-state index is 12.6. The number of rotatable bonds is 33. The van der Waals surface area contributed by atoms with Gasteiger partial charge in [-0.1, -0.05) is 137 Å². The minimum Gasteiger partial charge on any atom is -0.480 e. The normalized spacial score (nSPS) is 13.2. The van der Waals surface area contributed by atoms with Crippen molar-refractivity contribution in [2.45, 2.75) is 155 Å². The number of amides is 1. The van der Waals surface area contributed by atoms with Gasteiger partial charge < -0.3 is 15.2 Å². The Morgan fingerprint density at radius 2 is 0.980 bits per heavy atom. The van der Waals surface area contributed by atoms with E-state index >= 15 is 0 Å². The highest BCUT2D eigenvalue weighted by Gasteiger charge is 2.11. The van der Waals surface area contributed by atoms with Gasteiger partial charge in [0.25, 0.3) is 0 Å². The Morgan fingerprint density at radius 1 is 0.540 bits per heavy atom. The number of unbranched alkanes of at least 4 members (excludes halogenated alkanes) is 8. The van der Waals surface area contributed by atoms with Gasteiger partial charge in [-0.25, -0.2) is 0 Å². The molecule has 1 atom stereocenters. The second-order valence-electron chi connectivity index (χ2n) is 12.4. The summed E-state index contributed by atoms with van der Waals surface area (Å²) < 4.78 is 5.85. The van der Waals surface area contributed by atoms with Crippen LogP contribution in [0.2, 0.25) is 0 Å². The quantitative estimate of drug-likeness (QED) is 0.0406. The Balaban J connectivity index is 4.19. The van der Waals surface area contributed by atoms with Gasteiger partial charge in [0.1, 0.15) is 12.6 Å². The number of allylic oxidation sites excluding steroid dienone is 15. The van der Waals surface area contributed by atoms with E-state index in [1.165, 1.54) is 12.8 Å². The van der Waals surface area contributed by atoms with E-state index in [4.69, 9.17) is 9.84 Å². The van der Waals surface area contributed by atoms with Crippen LogP contribution in [-0.4, -0.2) is 35.6 Å². The van der Waals surface area contributed by atoms with Crippen LogP contribution >= 0.6 is 0 Å². The molecule has 0 fully saturated rings. The minimum atomic E-state index is -1.04. The molecule has 0 heterocycles. The maximum absolute atomic E-state index is 12.6. The zero-order valence-electron chi connectivity index (χ0n) is 31.5. The van der Waals surface area contributed by atoms with E-state index in [9.17, 15) is 14.4 Å². The van der Waals surface area contributed by atoms with Gasteiger partial charge in [-0.2, -0.15) is 0 Å². The fourth-order valence-corrected chi connectivity index (χ4v) is 4.94. The summed E-state index contributed by atoms with van der Waals surface area (Å²) in [4.78, 5) is 34.9. The first-order valence-electron chi connectivity index (χ1n) is 19.4. The van der Waals surface area contributed by atoms with E-state index in [1.54, 1.807) is 0 Å². The van der Waals surface area contributed by atoms with Gasteiger partial charge >= 0.3 is 11.9 Å². The lowest BCUT2D eigenvalue weighted by molar-refractivity contribution is -0.147. The molecular weight excluding hydrogens is 622 g/mol. The largest absolute Gasteiger partial charge is 0.480 e. The lowest BCUT2D eigenvalue weighted by atomic mass is 10.1. The number of carboxylic acids is 1. The molecule has 1 amide bonds. The van der Waals surface area contributed by atoms with Crippen LogP contribution in [0.1, 0.15) is 149 Å².